The van der Waals surface area contributed by atoms with Crippen LogP contribution in [0, 0.1) is 13.8 Å². The molecule has 0 saturated heterocycles. The van der Waals surface area contributed by atoms with Crippen LogP contribution in [-0.4, -0.2) is 18.2 Å². The Morgan fingerprint density at radius 3 is 2.31 bits per heavy atom. The molecule has 0 spiro atoms. The van der Waals surface area contributed by atoms with E-state index >= 15 is 0 Å². The van der Waals surface area contributed by atoms with Gasteiger partial charge in [0.1, 0.15) is 4.90 Å². The van der Waals surface area contributed by atoms with Crippen LogP contribution in [0.4, 0.5) is 0 Å². The molecule has 1 aromatic heterocycles. The van der Waals surface area contributed by atoms with Crippen LogP contribution in [0.5, 0.6) is 0 Å². The summed E-state index contributed by atoms with van der Waals surface area (Å²) in [5.74, 6) is 4.91. The van der Waals surface area contributed by atoms with Crippen LogP contribution in [-0.2, 0) is 17.1 Å². The maximum absolute atomic E-state index is 11.4. The number of sulfonamides is 1. The van der Waals surface area contributed by atoms with Crippen molar-refractivity contribution in [3.8, 4) is 0 Å². The van der Waals surface area contributed by atoms with E-state index in [1.54, 1.807) is 25.7 Å². The lowest BCUT2D eigenvalue weighted by atomic mass is 10.4. The van der Waals surface area contributed by atoms with Gasteiger partial charge >= 0.3 is 0 Å². The summed E-state index contributed by atoms with van der Waals surface area (Å²) in [5.41, 5.74) is 1.01. The van der Waals surface area contributed by atoms with Crippen LogP contribution in [0.3, 0.4) is 0 Å². The number of nitrogens with one attached hydrogen (secondary N) is 1. The van der Waals surface area contributed by atoms with Gasteiger partial charge < -0.3 is 0 Å². The van der Waals surface area contributed by atoms with Gasteiger partial charge in [-0.25, -0.2) is 8.42 Å². The fourth-order valence-electron chi connectivity index (χ4n) is 1.20. The van der Waals surface area contributed by atoms with Crippen LogP contribution in [0.15, 0.2) is 4.90 Å². The first kappa shape index (κ1) is 10.2. The molecule has 1 aromatic rings. The molecule has 1 heterocycles. The van der Waals surface area contributed by atoms with E-state index in [-0.39, 0.29) is 4.90 Å². The number of rotatable bonds is 2. The third kappa shape index (κ3) is 1.58. The number of hydrogen-bond donors (Lipinski definition) is 2. The van der Waals surface area contributed by atoms with E-state index in [2.05, 4.69) is 5.10 Å². The standard InChI is InChI=1S/C6H12N4O2S/c1-4-6(13(11,12)9-7)5(2)10(3)8-4/h9H,7H2,1-3H3. The molecular formula is C6H12N4O2S. The van der Waals surface area contributed by atoms with Crippen molar-refractivity contribution in [2.24, 2.45) is 12.9 Å². The first-order valence-electron chi connectivity index (χ1n) is 3.62. The number of hydrazine groups is 1. The van der Waals surface area contributed by atoms with Gasteiger partial charge in [-0.05, 0) is 13.8 Å². The predicted molar refractivity (Wildman–Crippen MR) is 47.2 cm³/mol. The lowest BCUT2D eigenvalue weighted by molar-refractivity contribution is 0.582. The average Bonchev–Trinajstić information content (AvgIpc) is 2.27. The zero-order valence-electron chi connectivity index (χ0n) is 7.70. The van der Waals surface area contributed by atoms with Crippen LogP contribution < -0.4 is 10.7 Å². The summed E-state index contributed by atoms with van der Waals surface area (Å²) in [7, 11) is -1.92. The predicted octanol–water partition coefficient (Wildman–Crippen LogP) is -0.811. The first-order chi connectivity index (χ1) is 5.90. The zero-order valence-corrected chi connectivity index (χ0v) is 8.51. The normalized spacial score (nSPS) is 12.0. The minimum Gasteiger partial charge on any atom is -0.271 e. The second kappa shape index (κ2) is 3.09. The maximum Gasteiger partial charge on any atom is 0.256 e. The van der Waals surface area contributed by atoms with Gasteiger partial charge in [0.2, 0.25) is 0 Å². The molecule has 74 valence electrons. The molecule has 6 nitrogen and oxygen atoms in total. The van der Waals surface area contributed by atoms with Crippen molar-refractivity contribution < 1.29 is 8.42 Å². The van der Waals surface area contributed by atoms with Gasteiger partial charge in [-0.3, -0.25) is 10.5 Å². The maximum atomic E-state index is 11.4. The van der Waals surface area contributed by atoms with Gasteiger partial charge in [-0.15, -0.1) is 4.83 Å². The molecule has 0 fully saturated rings. The minimum absolute atomic E-state index is 0.150. The summed E-state index contributed by atoms with van der Waals surface area (Å²) in [4.78, 5) is 1.92. The highest BCUT2D eigenvalue weighted by Gasteiger charge is 2.21. The molecule has 0 aliphatic rings. The monoisotopic (exact) mass is 204 g/mol. The molecule has 0 amide bonds. The third-order valence-electron chi connectivity index (χ3n) is 1.87. The lowest BCUT2D eigenvalue weighted by Gasteiger charge is -2.01. The summed E-state index contributed by atoms with van der Waals surface area (Å²) in [5, 5.41) is 3.97. The smallest absolute Gasteiger partial charge is 0.256 e. The van der Waals surface area contributed by atoms with Crippen LogP contribution >= 0.6 is 0 Å². The van der Waals surface area contributed by atoms with Crippen molar-refractivity contribution in [3.05, 3.63) is 11.4 Å². The molecule has 0 saturated carbocycles. The van der Waals surface area contributed by atoms with Gasteiger partial charge in [0, 0.05) is 7.05 Å². The minimum atomic E-state index is -3.59. The molecule has 0 radical (unpaired) electrons. The van der Waals surface area contributed by atoms with E-state index in [9.17, 15) is 8.42 Å². The largest absolute Gasteiger partial charge is 0.271 e. The van der Waals surface area contributed by atoms with Gasteiger partial charge in [0.15, 0.2) is 0 Å². The van der Waals surface area contributed by atoms with Crippen molar-refractivity contribution in [2.45, 2.75) is 18.7 Å². The van der Waals surface area contributed by atoms with Crippen LogP contribution in [0.1, 0.15) is 11.4 Å². The molecule has 0 bridgehead atoms. The van der Waals surface area contributed by atoms with E-state index in [1.165, 1.54) is 4.68 Å². The van der Waals surface area contributed by atoms with Crippen LogP contribution in [0.25, 0.3) is 0 Å². The Morgan fingerprint density at radius 1 is 1.46 bits per heavy atom. The Labute approximate surface area is 76.8 Å². The number of nitrogens with two attached hydrogens (primary N) is 1. The lowest BCUT2D eigenvalue weighted by Crippen LogP contribution is -2.31. The molecule has 0 atom stereocenters. The number of nitrogens with zero attached hydrogens (tertiary/aromatic N) is 2. The quantitative estimate of drug-likeness (QED) is 0.487. The molecule has 0 unspecified atom stereocenters. The van der Waals surface area contributed by atoms with Gasteiger partial charge in [-0.2, -0.15) is 5.10 Å². The second-order valence-electron chi connectivity index (χ2n) is 2.74. The SMILES string of the molecule is Cc1nn(C)c(C)c1S(=O)(=O)NN. The Hall–Kier alpha value is -0.920. The number of hydrogen-bond acceptors (Lipinski definition) is 4. The summed E-state index contributed by atoms with van der Waals surface area (Å²) < 4.78 is 24.2. The van der Waals surface area contributed by atoms with E-state index < -0.39 is 10.0 Å². The number of aromatic nitrogens is 2. The first-order valence-corrected chi connectivity index (χ1v) is 5.11. The molecule has 0 aromatic carbocycles. The van der Waals surface area contributed by atoms with Crippen molar-refractivity contribution in [2.75, 3.05) is 0 Å². The summed E-state index contributed by atoms with van der Waals surface area (Å²) in [6.07, 6.45) is 0. The van der Waals surface area contributed by atoms with E-state index in [0.29, 0.717) is 11.4 Å². The highest BCUT2D eigenvalue weighted by molar-refractivity contribution is 7.89. The highest BCUT2D eigenvalue weighted by Crippen LogP contribution is 2.17. The van der Waals surface area contributed by atoms with Crippen molar-refractivity contribution in [1.29, 1.82) is 0 Å². The number of aryl methyl sites for hydroxylation is 2. The molecule has 3 N–H and O–H groups in total. The zero-order chi connectivity index (χ0) is 10.2. The van der Waals surface area contributed by atoms with Gasteiger partial charge in [0.25, 0.3) is 10.0 Å². The summed E-state index contributed by atoms with van der Waals surface area (Å²) >= 11 is 0. The van der Waals surface area contributed by atoms with Crippen molar-refractivity contribution in [3.63, 3.8) is 0 Å². The Bertz CT molecular complexity index is 420. The molecule has 1 rings (SSSR count). The Morgan fingerprint density at radius 2 is 2.00 bits per heavy atom. The average molecular weight is 204 g/mol. The Kier molecular flexibility index (Phi) is 2.42. The highest BCUT2D eigenvalue weighted by atomic mass is 32.2. The topological polar surface area (TPSA) is 90.0 Å². The van der Waals surface area contributed by atoms with E-state index in [4.69, 9.17) is 5.84 Å². The van der Waals surface area contributed by atoms with Gasteiger partial charge in [-0.1, -0.05) is 0 Å². The van der Waals surface area contributed by atoms with Crippen molar-refractivity contribution in [1.82, 2.24) is 14.6 Å². The molecule has 0 aliphatic carbocycles. The summed E-state index contributed by atoms with van der Waals surface area (Å²) in [6, 6.07) is 0. The van der Waals surface area contributed by atoms with E-state index in [0.717, 1.165) is 0 Å². The Balaban J connectivity index is 3.47. The van der Waals surface area contributed by atoms with Gasteiger partial charge in [0.05, 0.1) is 11.4 Å². The second-order valence-corrected chi connectivity index (χ2v) is 4.40. The van der Waals surface area contributed by atoms with Crippen molar-refractivity contribution >= 4 is 10.0 Å². The fraction of sp³-hybridized carbons (Fsp3) is 0.500. The molecule has 7 heteroatoms. The third-order valence-corrected chi connectivity index (χ3v) is 3.31. The summed E-state index contributed by atoms with van der Waals surface area (Å²) in [6.45, 7) is 3.29. The molecule has 0 aliphatic heterocycles. The molecular weight excluding hydrogens is 192 g/mol. The van der Waals surface area contributed by atoms with Crippen LogP contribution in [0.2, 0.25) is 0 Å². The fourth-order valence-corrected chi connectivity index (χ4v) is 2.27. The molecule has 13 heavy (non-hydrogen) atoms. The van der Waals surface area contributed by atoms with E-state index in [1.807, 2.05) is 0 Å².